The highest BCUT2D eigenvalue weighted by molar-refractivity contribution is 7.99. The van der Waals surface area contributed by atoms with Gasteiger partial charge in [-0.2, -0.15) is 0 Å². The SMILES string of the molecule is CCS(=O)(=O)CCn1c(N)nnc1SCC(=O)O. The molecular weight excluding hydrogens is 280 g/mol. The summed E-state index contributed by atoms with van der Waals surface area (Å²) < 4.78 is 24.2. The molecule has 1 heterocycles. The minimum atomic E-state index is -3.12. The molecule has 0 aliphatic rings. The van der Waals surface area contributed by atoms with Gasteiger partial charge in [0.15, 0.2) is 15.0 Å². The van der Waals surface area contributed by atoms with Crippen molar-refractivity contribution in [2.75, 3.05) is 23.0 Å². The van der Waals surface area contributed by atoms with E-state index in [2.05, 4.69) is 10.2 Å². The molecule has 0 aliphatic heterocycles. The number of nitrogens with two attached hydrogens (primary N) is 1. The molecule has 1 aromatic rings. The quantitative estimate of drug-likeness (QED) is 0.642. The zero-order valence-electron chi connectivity index (χ0n) is 9.74. The maximum Gasteiger partial charge on any atom is 0.313 e. The van der Waals surface area contributed by atoms with Crippen LogP contribution in [0.5, 0.6) is 0 Å². The van der Waals surface area contributed by atoms with E-state index >= 15 is 0 Å². The zero-order chi connectivity index (χ0) is 13.8. The number of nitrogen functional groups attached to an aromatic ring is 1. The lowest BCUT2D eigenvalue weighted by Gasteiger charge is -2.06. The molecule has 0 unspecified atom stereocenters. The Balaban J connectivity index is 2.75. The topological polar surface area (TPSA) is 128 Å². The third-order valence-corrected chi connectivity index (χ3v) is 4.77. The fourth-order valence-electron chi connectivity index (χ4n) is 1.12. The normalized spacial score (nSPS) is 11.6. The molecule has 102 valence electrons. The van der Waals surface area contributed by atoms with Gasteiger partial charge in [0.2, 0.25) is 5.95 Å². The number of carboxylic acids is 1. The van der Waals surface area contributed by atoms with Crippen LogP contribution in [-0.2, 0) is 21.2 Å². The van der Waals surface area contributed by atoms with Crippen molar-refractivity contribution in [3.63, 3.8) is 0 Å². The first kappa shape index (κ1) is 14.8. The number of carbonyl (C=O) groups is 1. The Bertz CT molecular complexity index is 525. The lowest BCUT2D eigenvalue weighted by Crippen LogP contribution is -2.16. The Kier molecular flexibility index (Phi) is 4.96. The van der Waals surface area contributed by atoms with Crippen molar-refractivity contribution in [2.24, 2.45) is 0 Å². The van der Waals surface area contributed by atoms with Crippen LogP contribution >= 0.6 is 11.8 Å². The second-order valence-electron chi connectivity index (χ2n) is 3.41. The molecule has 0 aromatic carbocycles. The van der Waals surface area contributed by atoms with Gasteiger partial charge in [0.1, 0.15) is 0 Å². The number of thioether (sulfide) groups is 1. The van der Waals surface area contributed by atoms with Crippen LogP contribution in [0.15, 0.2) is 5.16 Å². The summed E-state index contributed by atoms with van der Waals surface area (Å²) in [6.45, 7) is 1.68. The minimum Gasteiger partial charge on any atom is -0.481 e. The smallest absolute Gasteiger partial charge is 0.313 e. The molecule has 0 radical (unpaired) electrons. The summed E-state index contributed by atoms with van der Waals surface area (Å²) in [5, 5.41) is 16.2. The molecule has 10 heteroatoms. The highest BCUT2D eigenvalue weighted by Crippen LogP contribution is 2.17. The largest absolute Gasteiger partial charge is 0.481 e. The molecule has 0 saturated carbocycles. The van der Waals surface area contributed by atoms with Crippen molar-refractivity contribution < 1.29 is 18.3 Å². The van der Waals surface area contributed by atoms with Gasteiger partial charge in [0.25, 0.3) is 0 Å². The Morgan fingerprint density at radius 3 is 2.72 bits per heavy atom. The van der Waals surface area contributed by atoms with Crippen molar-refractivity contribution in [1.29, 1.82) is 0 Å². The molecule has 0 amide bonds. The first-order valence-electron chi connectivity index (χ1n) is 5.09. The van der Waals surface area contributed by atoms with Gasteiger partial charge in [-0.05, 0) is 0 Å². The highest BCUT2D eigenvalue weighted by atomic mass is 32.2. The predicted molar refractivity (Wildman–Crippen MR) is 67.1 cm³/mol. The van der Waals surface area contributed by atoms with E-state index in [-0.39, 0.29) is 29.8 Å². The standard InChI is InChI=1S/C8H14N4O4S2/c1-2-18(15,16)4-3-12-7(9)10-11-8(12)17-5-6(13)14/h2-5H2,1H3,(H2,9,10)(H,13,14). The average molecular weight is 294 g/mol. The van der Waals surface area contributed by atoms with Crippen LogP contribution in [0.4, 0.5) is 5.95 Å². The number of sulfone groups is 1. The molecule has 0 spiro atoms. The number of hydrogen-bond donors (Lipinski definition) is 2. The maximum absolute atomic E-state index is 11.4. The monoisotopic (exact) mass is 294 g/mol. The minimum absolute atomic E-state index is 0.0482. The Morgan fingerprint density at radius 2 is 2.17 bits per heavy atom. The Hall–Kier alpha value is -1.29. The summed E-state index contributed by atoms with van der Waals surface area (Å²) in [4.78, 5) is 10.4. The van der Waals surface area contributed by atoms with E-state index in [4.69, 9.17) is 10.8 Å². The first-order valence-corrected chi connectivity index (χ1v) is 7.90. The Labute approximate surface area is 108 Å². The molecule has 8 nitrogen and oxygen atoms in total. The molecule has 1 rings (SSSR count). The first-order chi connectivity index (χ1) is 8.35. The van der Waals surface area contributed by atoms with E-state index < -0.39 is 15.8 Å². The summed E-state index contributed by atoms with van der Waals surface area (Å²) in [6.07, 6.45) is 0. The van der Waals surface area contributed by atoms with Gasteiger partial charge < -0.3 is 10.8 Å². The van der Waals surface area contributed by atoms with Crippen LogP contribution in [0.25, 0.3) is 0 Å². The summed E-state index contributed by atoms with van der Waals surface area (Å²) in [5.41, 5.74) is 5.55. The lowest BCUT2D eigenvalue weighted by molar-refractivity contribution is -0.133. The van der Waals surface area contributed by atoms with E-state index in [1.54, 1.807) is 6.92 Å². The second-order valence-corrected chi connectivity index (χ2v) is 6.83. The van der Waals surface area contributed by atoms with Gasteiger partial charge in [-0.1, -0.05) is 18.7 Å². The number of hydrogen-bond acceptors (Lipinski definition) is 7. The number of carboxylic acid groups (broad SMARTS) is 1. The Morgan fingerprint density at radius 1 is 1.50 bits per heavy atom. The van der Waals surface area contributed by atoms with Crippen LogP contribution in [0.1, 0.15) is 6.92 Å². The predicted octanol–water partition coefficient (Wildman–Crippen LogP) is -0.528. The second kappa shape index (κ2) is 6.05. The molecule has 18 heavy (non-hydrogen) atoms. The molecule has 3 N–H and O–H groups in total. The molecule has 0 atom stereocenters. The van der Waals surface area contributed by atoms with Gasteiger partial charge in [-0.3, -0.25) is 9.36 Å². The number of aliphatic carboxylic acids is 1. The summed E-state index contributed by atoms with van der Waals surface area (Å²) >= 11 is 0.949. The van der Waals surface area contributed by atoms with Crippen molar-refractivity contribution in [3.05, 3.63) is 0 Å². The van der Waals surface area contributed by atoms with E-state index in [9.17, 15) is 13.2 Å². The van der Waals surface area contributed by atoms with Crippen molar-refractivity contribution in [2.45, 2.75) is 18.6 Å². The zero-order valence-corrected chi connectivity index (χ0v) is 11.4. The summed E-state index contributed by atoms with van der Waals surface area (Å²) in [7, 11) is -3.12. The van der Waals surface area contributed by atoms with Crippen LogP contribution in [-0.4, -0.2) is 51.5 Å². The van der Waals surface area contributed by atoms with Crippen molar-refractivity contribution in [3.8, 4) is 0 Å². The van der Waals surface area contributed by atoms with Gasteiger partial charge in [0, 0.05) is 12.3 Å². The fraction of sp³-hybridized carbons (Fsp3) is 0.625. The van der Waals surface area contributed by atoms with E-state index in [0.29, 0.717) is 5.16 Å². The van der Waals surface area contributed by atoms with Crippen LogP contribution in [0, 0.1) is 0 Å². The fourth-order valence-corrected chi connectivity index (χ4v) is 2.56. The third-order valence-electron chi connectivity index (χ3n) is 2.14. The number of nitrogens with zero attached hydrogens (tertiary/aromatic N) is 3. The molecular formula is C8H14N4O4S2. The van der Waals surface area contributed by atoms with Gasteiger partial charge >= 0.3 is 5.97 Å². The molecule has 0 aliphatic carbocycles. The molecule has 0 bridgehead atoms. The summed E-state index contributed by atoms with van der Waals surface area (Å²) in [5.74, 6) is -1.12. The van der Waals surface area contributed by atoms with Crippen molar-refractivity contribution >= 4 is 33.5 Å². The highest BCUT2D eigenvalue weighted by Gasteiger charge is 2.14. The van der Waals surface area contributed by atoms with Gasteiger partial charge in [-0.25, -0.2) is 8.42 Å². The maximum atomic E-state index is 11.4. The van der Waals surface area contributed by atoms with E-state index in [1.165, 1.54) is 4.57 Å². The average Bonchev–Trinajstić information content (AvgIpc) is 2.65. The third kappa shape index (κ3) is 4.18. The number of anilines is 1. The van der Waals surface area contributed by atoms with Gasteiger partial charge in [0.05, 0.1) is 11.5 Å². The van der Waals surface area contributed by atoms with Crippen LogP contribution in [0.2, 0.25) is 0 Å². The van der Waals surface area contributed by atoms with E-state index in [1.807, 2.05) is 0 Å². The van der Waals surface area contributed by atoms with Crippen molar-refractivity contribution in [1.82, 2.24) is 14.8 Å². The van der Waals surface area contributed by atoms with E-state index in [0.717, 1.165) is 11.8 Å². The molecule has 0 saturated heterocycles. The molecule has 1 aromatic heterocycles. The van der Waals surface area contributed by atoms with Gasteiger partial charge in [-0.15, -0.1) is 10.2 Å². The summed E-state index contributed by atoms with van der Waals surface area (Å²) in [6, 6.07) is 0. The number of rotatable bonds is 7. The van der Waals surface area contributed by atoms with Crippen LogP contribution < -0.4 is 5.73 Å². The molecule has 0 fully saturated rings. The van der Waals surface area contributed by atoms with Crippen LogP contribution in [0.3, 0.4) is 0 Å². The lowest BCUT2D eigenvalue weighted by atomic mass is 10.7. The number of aromatic nitrogens is 3.